The van der Waals surface area contributed by atoms with Gasteiger partial charge < -0.3 is 15.0 Å². The molecule has 0 aromatic heterocycles. The summed E-state index contributed by atoms with van der Waals surface area (Å²) in [6.07, 6.45) is 0.412. The molecule has 0 radical (unpaired) electrons. The van der Waals surface area contributed by atoms with Crippen LogP contribution < -0.4 is 10.1 Å². The third kappa shape index (κ3) is 8.74. The molecule has 3 rings (SSSR count). The lowest BCUT2D eigenvalue weighted by molar-refractivity contribution is -0.142. The Morgan fingerprint density at radius 1 is 0.865 bits per heavy atom. The number of carbonyl (C=O) groups excluding carboxylic acids is 2. The summed E-state index contributed by atoms with van der Waals surface area (Å²) in [6, 6.07) is 24.7. The van der Waals surface area contributed by atoms with Crippen molar-refractivity contribution in [2.75, 3.05) is 13.2 Å². The van der Waals surface area contributed by atoms with E-state index in [1.54, 1.807) is 4.90 Å². The quantitative estimate of drug-likeness (QED) is 0.278. The lowest BCUT2D eigenvalue weighted by atomic mass is 10.0. The van der Waals surface area contributed by atoms with Crippen LogP contribution in [0.1, 0.15) is 50.3 Å². The number of amides is 2. The molecule has 0 heterocycles. The number of ether oxygens (including phenoxy) is 1. The fraction of sp³-hybridized carbons (Fsp3) is 0.355. The number of para-hydroxylation sites is 1. The Hall–Kier alpha value is -3.12. The summed E-state index contributed by atoms with van der Waals surface area (Å²) in [6.45, 7) is 8.99. The molecule has 2 amide bonds. The van der Waals surface area contributed by atoms with Crippen LogP contribution in [0, 0.1) is 5.92 Å². The van der Waals surface area contributed by atoms with Gasteiger partial charge in [-0.25, -0.2) is 0 Å². The molecule has 0 unspecified atom stereocenters. The first-order chi connectivity index (χ1) is 17.7. The molecule has 5 nitrogen and oxygen atoms in total. The normalized spacial score (nSPS) is 11.9. The summed E-state index contributed by atoms with van der Waals surface area (Å²) in [7, 11) is 0. The van der Waals surface area contributed by atoms with Gasteiger partial charge in [0.25, 0.3) is 5.91 Å². The van der Waals surface area contributed by atoms with Crippen molar-refractivity contribution in [2.45, 2.75) is 52.6 Å². The van der Waals surface area contributed by atoms with Crippen LogP contribution in [0.3, 0.4) is 0 Å². The van der Waals surface area contributed by atoms with Crippen molar-refractivity contribution >= 4 is 27.7 Å². The zero-order valence-electron chi connectivity index (χ0n) is 22.1. The number of hydrogen-bond donors (Lipinski definition) is 1. The van der Waals surface area contributed by atoms with Crippen molar-refractivity contribution in [1.82, 2.24) is 10.2 Å². The minimum absolute atomic E-state index is 0.150. The van der Waals surface area contributed by atoms with Gasteiger partial charge in [-0.15, -0.1) is 0 Å². The third-order valence-corrected chi connectivity index (χ3v) is 6.64. The summed E-state index contributed by atoms with van der Waals surface area (Å²) in [5.74, 6) is 0.858. The SMILES string of the molecule is CC(C)CNC(=O)[C@H](Cc1ccccc1)N(Cc1ccc(Br)cc1)C(=O)COc1ccccc1C(C)C. The molecule has 3 aromatic rings. The molecule has 0 spiro atoms. The van der Waals surface area contributed by atoms with Crippen LogP contribution >= 0.6 is 15.9 Å². The Morgan fingerprint density at radius 2 is 1.51 bits per heavy atom. The van der Waals surface area contributed by atoms with E-state index in [1.165, 1.54) is 0 Å². The highest BCUT2D eigenvalue weighted by Gasteiger charge is 2.31. The molecule has 0 aliphatic rings. The zero-order chi connectivity index (χ0) is 26.8. The van der Waals surface area contributed by atoms with Crippen molar-refractivity contribution in [2.24, 2.45) is 5.92 Å². The Labute approximate surface area is 229 Å². The Balaban J connectivity index is 1.91. The number of carbonyl (C=O) groups is 2. The molecule has 0 saturated heterocycles. The highest BCUT2D eigenvalue weighted by molar-refractivity contribution is 9.10. The molecule has 0 aliphatic carbocycles. The van der Waals surface area contributed by atoms with Crippen molar-refractivity contribution in [3.05, 3.63) is 100 Å². The molecule has 37 heavy (non-hydrogen) atoms. The van der Waals surface area contributed by atoms with Crippen LogP contribution in [0.2, 0.25) is 0 Å². The average molecular weight is 566 g/mol. The maximum absolute atomic E-state index is 13.8. The summed E-state index contributed by atoms with van der Waals surface area (Å²) in [4.78, 5) is 28.9. The van der Waals surface area contributed by atoms with Gasteiger partial charge >= 0.3 is 0 Å². The van der Waals surface area contributed by atoms with Crippen molar-refractivity contribution in [3.8, 4) is 5.75 Å². The van der Waals surface area contributed by atoms with Crippen LogP contribution in [0.15, 0.2) is 83.3 Å². The molecule has 0 aliphatic heterocycles. The molecule has 0 fully saturated rings. The van der Waals surface area contributed by atoms with Gasteiger partial charge in [0, 0.05) is 24.0 Å². The minimum Gasteiger partial charge on any atom is -0.483 e. The van der Waals surface area contributed by atoms with E-state index < -0.39 is 6.04 Å². The monoisotopic (exact) mass is 564 g/mol. The molecule has 196 valence electrons. The maximum atomic E-state index is 13.8. The van der Waals surface area contributed by atoms with E-state index in [-0.39, 0.29) is 24.3 Å². The van der Waals surface area contributed by atoms with Crippen LogP contribution in [0.25, 0.3) is 0 Å². The fourth-order valence-corrected chi connectivity index (χ4v) is 4.34. The molecule has 3 aromatic carbocycles. The van der Waals surface area contributed by atoms with Crippen molar-refractivity contribution in [3.63, 3.8) is 0 Å². The first-order valence-corrected chi connectivity index (χ1v) is 13.6. The van der Waals surface area contributed by atoms with Crippen LogP contribution in [0.5, 0.6) is 5.75 Å². The Kier molecular flexibility index (Phi) is 10.8. The highest BCUT2D eigenvalue weighted by atomic mass is 79.9. The first-order valence-electron chi connectivity index (χ1n) is 12.8. The summed E-state index contributed by atoms with van der Waals surface area (Å²) < 4.78 is 7.00. The first kappa shape index (κ1) is 28.5. The van der Waals surface area contributed by atoms with Crippen molar-refractivity contribution in [1.29, 1.82) is 0 Å². The number of halogens is 1. The standard InChI is InChI=1S/C31H37BrN2O3/c1-22(2)19-33-31(36)28(18-24-10-6-5-7-11-24)34(20-25-14-16-26(32)17-15-25)30(35)21-37-29-13-9-8-12-27(29)23(3)4/h5-17,22-23,28H,18-21H2,1-4H3,(H,33,36)/t28-/m0/s1. The van der Waals surface area contributed by atoms with E-state index in [9.17, 15) is 9.59 Å². The van der Waals surface area contributed by atoms with E-state index >= 15 is 0 Å². The summed E-state index contributed by atoms with van der Waals surface area (Å²) >= 11 is 3.48. The molecule has 0 saturated carbocycles. The van der Waals surface area contributed by atoms with E-state index in [2.05, 4.69) is 48.9 Å². The predicted molar refractivity (Wildman–Crippen MR) is 152 cm³/mol. The van der Waals surface area contributed by atoms with Crippen LogP contribution in [-0.2, 0) is 22.6 Å². The fourth-order valence-electron chi connectivity index (χ4n) is 4.07. The molecule has 6 heteroatoms. The molecule has 1 N–H and O–H groups in total. The second-order valence-electron chi connectivity index (χ2n) is 9.97. The van der Waals surface area contributed by atoms with Gasteiger partial charge in [-0.2, -0.15) is 0 Å². The van der Waals surface area contributed by atoms with E-state index in [0.717, 1.165) is 21.2 Å². The lowest BCUT2D eigenvalue weighted by Crippen LogP contribution is -2.52. The number of hydrogen-bond acceptors (Lipinski definition) is 3. The van der Waals surface area contributed by atoms with E-state index in [0.29, 0.717) is 31.2 Å². The zero-order valence-corrected chi connectivity index (χ0v) is 23.7. The largest absolute Gasteiger partial charge is 0.483 e. The van der Waals surface area contributed by atoms with Crippen LogP contribution in [0.4, 0.5) is 0 Å². The molecular weight excluding hydrogens is 528 g/mol. The minimum atomic E-state index is -0.679. The van der Waals surface area contributed by atoms with E-state index in [4.69, 9.17) is 4.74 Å². The Morgan fingerprint density at radius 3 is 2.16 bits per heavy atom. The lowest BCUT2D eigenvalue weighted by Gasteiger charge is -2.32. The Bertz CT molecular complexity index is 1150. The molecular formula is C31H37BrN2O3. The third-order valence-electron chi connectivity index (χ3n) is 6.11. The highest BCUT2D eigenvalue weighted by Crippen LogP contribution is 2.26. The maximum Gasteiger partial charge on any atom is 0.261 e. The topological polar surface area (TPSA) is 58.6 Å². The van der Waals surface area contributed by atoms with Crippen molar-refractivity contribution < 1.29 is 14.3 Å². The second kappa shape index (κ2) is 14.0. The number of nitrogens with zero attached hydrogens (tertiary/aromatic N) is 1. The summed E-state index contributed by atoms with van der Waals surface area (Å²) in [5.41, 5.74) is 2.98. The van der Waals surface area contributed by atoms with Gasteiger partial charge in [-0.05, 0) is 46.7 Å². The van der Waals surface area contributed by atoms with Gasteiger partial charge in [0.1, 0.15) is 11.8 Å². The molecule has 1 atom stereocenters. The van der Waals surface area contributed by atoms with Gasteiger partial charge in [0.05, 0.1) is 0 Å². The van der Waals surface area contributed by atoms with E-state index in [1.807, 2.05) is 78.9 Å². The predicted octanol–water partition coefficient (Wildman–Crippen LogP) is 6.36. The second-order valence-corrected chi connectivity index (χ2v) is 10.9. The van der Waals surface area contributed by atoms with Crippen LogP contribution in [-0.4, -0.2) is 35.9 Å². The number of nitrogens with one attached hydrogen (secondary N) is 1. The molecule has 0 bridgehead atoms. The smallest absolute Gasteiger partial charge is 0.261 e. The average Bonchev–Trinajstić information content (AvgIpc) is 2.89. The van der Waals surface area contributed by atoms with Gasteiger partial charge in [0.2, 0.25) is 5.91 Å². The number of benzene rings is 3. The number of rotatable bonds is 12. The van der Waals surface area contributed by atoms with Gasteiger partial charge in [-0.3, -0.25) is 9.59 Å². The van der Waals surface area contributed by atoms with Gasteiger partial charge in [-0.1, -0.05) is 104 Å². The summed E-state index contributed by atoms with van der Waals surface area (Å²) in [5, 5.41) is 3.05. The van der Waals surface area contributed by atoms with Gasteiger partial charge in [0.15, 0.2) is 6.61 Å².